The molecule has 0 amide bonds. The largest absolute Gasteiger partial charge is 0.285 e. The summed E-state index contributed by atoms with van der Waals surface area (Å²) >= 11 is 0. The summed E-state index contributed by atoms with van der Waals surface area (Å²) in [4.78, 5) is 15.6. The zero-order valence-corrected chi connectivity index (χ0v) is 8.39. The summed E-state index contributed by atoms with van der Waals surface area (Å²) in [6.45, 7) is 0.575. The number of fused-ring (bicyclic) bond motifs is 1. The van der Waals surface area contributed by atoms with Crippen LogP contribution in [0.25, 0.3) is 0 Å². The molecule has 15 heavy (non-hydrogen) atoms. The van der Waals surface area contributed by atoms with Crippen molar-refractivity contribution in [2.45, 2.75) is 37.8 Å². The Morgan fingerprint density at radius 1 is 1.40 bits per heavy atom. The van der Waals surface area contributed by atoms with Crippen LogP contribution >= 0.6 is 0 Å². The molecule has 2 heterocycles. The van der Waals surface area contributed by atoms with Crippen LogP contribution in [-0.2, 0) is 6.54 Å². The van der Waals surface area contributed by atoms with Crippen LogP contribution in [-0.4, -0.2) is 20.3 Å². The van der Waals surface area contributed by atoms with E-state index < -0.39 is 0 Å². The number of hydroxylamine groups is 1. The topological polar surface area (TPSA) is 58.4 Å². The highest BCUT2D eigenvalue weighted by Crippen LogP contribution is 2.41. The first-order valence-electron chi connectivity index (χ1n) is 5.28. The molecule has 1 fully saturated rings. The number of nitrogens with zero attached hydrogens (tertiary/aromatic N) is 3. The Morgan fingerprint density at radius 3 is 2.80 bits per heavy atom. The molecule has 0 saturated heterocycles. The highest BCUT2D eigenvalue weighted by molar-refractivity contribution is 5.37. The van der Waals surface area contributed by atoms with Gasteiger partial charge in [-0.05, 0) is 12.8 Å². The maximum atomic E-state index is 11.6. The molecule has 5 nitrogen and oxygen atoms in total. The fourth-order valence-corrected chi connectivity index (χ4v) is 2.72. The monoisotopic (exact) mass is 207 g/mol. The molecule has 1 saturated carbocycles. The molecule has 0 atom stereocenters. The predicted octanol–water partition coefficient (Wildman–Crippen LogP) is 0.765. The third kappa shape index (κ3) is 1.07. The number of hydrogen-bond donors (Lipinski definition) is 1. The molecule has 1 N–H and O–H groups in total. The van der Waals surface area contributed by atoms with Crippen LogP contribution in [0, 0.1) is 0 Å². The highest BCUT2D eigenvalue weighted by Gasteiger charge is 2.46. The van der Waals surface area contributed by atoms with Crippen molar-refractivity contribution in [3.63, 3.8) is 0 Å². The second-order valence-electron chi connectivity index (χ2n) is 4.41. The summed E-state index contributed by atoms with van der Waals surface area (Å²) in [6.07, 6.45) is 5.55. The molecular formula is C10H13N3O2. The summed E-state index contributed by atoms with van der Waals surface area (Å²) < 4.78 is 1.56. The Kier molecular flexibility index (Phi) is 1.68. The van der Waals surface area contributed by atoms with Gasteiger partial charge in [0, 0.05) is 12.3 Å². The van der Waals surface area contributed by atoms with E-state index in [0.29, 0.717) is 12.5 Å². The predicted molar refractivity (Wildman–Crippen MR) is 54.0 cm³/mol. The lowest BCUT2D eigenvalue weighted by molar-refractivity contribution is 0.159. The molecule has 1 aromatic heterocycles. The first-order chi connectivity index (χ1) is 7.23. The summed E-state index contributed by atoms with van der Waals surface area (Å²) in [5.74, 6) is 0.393. The maximum absolute atomic E-state index is 11.6. The molecule has 80 valence electrons. The van der Waals surface area contributed by atoms with E-state index in [1.54, 1.807) is 4.57 Å². The number of aromatic nitrogens is 2. The second kappa shape index (κ2) is 2.82. The van der Waals surface area contributed by atoms with Crippen LogP contribution in [0.5, 0.6) is 0 Å². The first kappa shape index (κ1) is 8.91. The van der Waals surface area contributed by atoms with Gasteiger partial charge in [-0.2, -0.15) is 0 Å². The molecule has 1 spiro atoms. The SMILES string of the molecule is O=c1ccnc2n1CC1(CCCC1)N2O. The van der Waals surface area contributed by atoms with Crippen molar-refractivity contribution in [3.05, 3.63) is 22.6 Å². The van der Waals surface area contributed by atoms with Gasteiger partial charge in [-0.15, -0.1) is 0 Å². The van der Waals surface area contributed by atoms with Gasteiger partial charge in [-0.25, -0.2) is 10.0 Å². The summed E-state index contributed by atoms with van der Waals surface area (Å²) in [5.41, 5.74) is -0.344. The van der Waals surface area contributed by atoms with Crippen LogP contribution in [0.4, 0.5) is 5.95 Å². The summed E-state index contributed by atoms with van der Waals surface area (Å²) in [6, 6.07) is 1.44. The Hall–Kier alpha value is -1.36. The molecular weight excluding hydrogens is 194 g/mol. The minimum atomic E-state index is -0.263. The minimum Gasteiger partial charge on any atom is -0.285 e. The number of rotatable bonds is 0. The van der Waals surface area contributed by atoms with Crippen molar-refractivity contribution in [2.75, 3.05) is 5.06 Å². The van der Waals surface area contributed by atoms with Crippen molar-refractivity contribution in [2.24, 2.45) is 0 Å². The molecule has 0 aromatic carbocycles. The zero-order valence-electron chi connectivity index (χ0n) is 8.39. The Morgan fingerprint density at radius 2 is 2.13 bits per heavy atom. The van der Waals surface area contributed by atoms with Crippen LogP contribution in [0.1, 0.15) is 25.7 Å². The van der Waals surface area contributed by atoms with E-state index in [1.165, 1.54) is 17.3 Å². The van der Waals surface area contributed by atoms with Gasteiger partial charge >= 0.3 is 0 Å². The molecule has 2 aliphatic rings. The van der Waals surface area contributed by atoms with Crippen molar-refractivity contribution < 1.29 is 5.21 Å². The van der Waals surface area contributed by atoms with Crippen molar-refractivity contribution in [1.29, 1.82) is 0 Å². The van der Waals surface area contributed by atoms with Gasteiger partial charge in [0.15, 0.2) is 0 Å². The van der Waals surface area contributed by atoms with Crippen molar-refractivity contribution >= 4 is 5.95 Å². The third-order valence-corrected chi connectivity index (χ3v) is 3.54. The first-order valence-corrected chi connectivity index (χ1v) is 5.28. The van der Waals surface area contributed by atoms with Gasteiger partial charge in [-0.1, -0.05) is 12.8 Å². The van der Waals surface area contributed by atoms with E-state index >= 15 is 0 Å². The van der Waals surface area contributed by atoms with Crippen LogP contribution in [0.15, 0.2) is 17.1 Å². The lowest BCUT2D eigenvalue weighted by Gasteiger charge is -2.28. The standard InChI is InChI=1S/C10H13N3O2/c14-8-3-6-11-9-12(8)7-10(13(9)15)4-1-2-5-10/h3,6,15H,1-2,4-5,7H2. The third-order valence-electron chi connectivity index (χ3n) is 3.54. The Labute approximate surface area is 86.9 Å². The van der Waals surface area contributed by atoms with Crippen LogP contribution in [0.2, 0.25) is 0 Å². The Balaban J connectivity index is 2.12. The molecule has 1 aliphatic carbocycles. The van der Waals surface area contributed by atoms with Crippen molar-refractivity contribution in [1.82, 2.24) is 9.55 Å². The normalized spacial score (nSPS) is 22.3. The smallest absolute Gasteiger partial charge is 0.254 e. The van der Waals surface area contributed by atoms with E-state index in [4.69, 9.17) is 0 Å². The van der Waals surface area contributed by atoms with Crippen LogP contribution in [0.3, 0.4) is 0 Å². The van der Waals surface area contributed by atoms with Gasteiger partial charge in [-0.3, -0.25) is 14.6 Å². The van der Waals surface area contributed by atoms with E-state index in [-0.39, 0.29) is 11.1 Å². The molecule has 3 rings (SSSR count). The van der Waals surface area contributed by atoms with Gasteiger partial charge in [0.2, 0.25) is 5.95 Å². The number of anilines is 1. The van der Waals surface area contributed by atoms with Gasteiger partial charge in [0.25, 0.3) is 5.56 Å². The van der Waals surface area contributed by atoms with E-state index in [9.17, 15) is 10.0 Å². The molecule has 0 radical (unpaired) electrons. The minimum absolute atomic E-state index is 0.0807. The van der Waals surface area contributed by atoms with Gasteiger partial charge < -0.3 is 0 Å². The summed E-state index contributed by atoms with van der Waals surface area (Å²) in [5, 5.41) is 11.3. The molecule has 5 heteroatoms. The molecule has 0 bridgehead atoms. The molecule has 0 unspecified atom stereocenters. The van der Waals surface area contributed by atoms with Crippen molar-refractivity contribution in [3.8, 4) is 0 Å². The average Bonchev–Trinajstić information content (AvgIpc) is 2.79. The van der Waals surface area contributed by atoms with E-state index in [2.05, 4.69) is 4.98 Å². The summed E-state index contributed by atoms with van der Waals surface area (Å²) in [7, 11) is 0. The van der Waals surface area contributed by atoms with Crippen LogP contribution < -0.4 is 10.6 Å². The molecule has 1 aromatic rings. The highest BCUT2D eigenvalue weighted by atomic mass is 16.5. The van der Waals surface area contributed by atoms with E-state index in [0.717, 1.165) is 25.7 Å². The zero-order chi connectivity index (χ0) is 10.5. The number of hydrogen-bond acceptors (Lipinski definition) is 4. The fourth-order valence-electron chi connectivity index (χ4n) is 2.72. The quantitative estimate of drug-likeness (QED) is 0.682. The van der Waals surface area contributed by atoms with Gasteiger partial charge in [0.1, 0.15) is 0 Å². The van der Waals surface area contributed by atoms with Gasteiger partial charge in [0.05, 0.1) is 12.1 Å². The second-order valence-corrected chi connectivity index (χ2v) is 4.41. The molecule has 1 aliphatic heterocycles. The lowest BCUT2D eigenvalue weighted by atomic mass is 9.99. The fraction of sp³-hybridized carbons (Fsp3) is 0.600. The van der Waals surface area contributed by atoms with E-state index in [1.807, 2.05) is 0 Å². The average molecular weight is 207 g/mol. The lowest BCUT2D eigenvalue weighted by Crippen LogP contribution is -2.42. The maximum Gasteiger partial charge on any atom is 0.254 e. The Bertz CT molecular complexity index is 448.